The third-order valence-corrected chi connectivity index (χ3v) is 2.48. The first kappa shape index (κ1) is 13.2. The average molecular weight is 258 g/mol. The minimum Gasteiger partial charge on any atom is -0.490 e. The van der Waals surface area contributed by atoms with Crippen LogP contribution in [-0.4, -0.2) is 24.7 Å². The van der Waals surface area contributed by atoms with E-state index >= 15 is 0 Å². The van der Waals surface area contributed by atoms with Crippen LogP contribution in [0, 0.1) is 0 Å². The second kappa shape index (κ2) is 7.26. The van der Waals surface area contributed by atoms with Crippen LogP contribution in [0.2, 0.25) is 0 Å². The van der Waals surface area contributed by atoms with Crippen molar-refractivity contribution in [3.05, 3.63) is 48.7 Å². The number of benzene rings is 1. The van der Waals surface area contributed by atoms with Gasteiger partial charge < -0.3 is 14.8 Å². The molecule has 100 valence electrons. The summed E-state index contributed by atoms with van der Waals surface area (Å²) >= 11 is 0. The van der Waals surface area contributed by atoms with Crippen molar-refractivity contribution in [2.45, 2.75) is 6.92 Å². The Morgan fingerprint density at radius 2 is 1.74 bits per heavy atom. The summed E-state index contributed by atoms with van der Waals surface area (Å²) < 4.78 is 11.2. The Morgan fingerprint density at radius 1 is 1.00 bits per heavy atom. The molecule has 0 atom stereocenters. The average Bonchev–Trinajstić information content (AvgIpc) is 2.47. The highest BCUT2D eigenvalue weighted by Gasteiger charge is 2.02. The normalized spacial score (nSPS) is 9.95. The van der Waals surface area contributed by atoms with Gasteiger partial charge in [-0.1, -0.05) is 18.2 Å². The molecule has 2 rings (SSSR count). The van der Waals surface area contributed by atoms with Crippen LogP contribution in [0.4, 0.5) is 5.82 Å². The zero-order valence-electron chi connectivity index (χ0n) is 11.0. The molecule has 1 N–H and O–H groups in total. The number of hydrogen-bond donors (Lipinski definition) is 1. The van der Waals surface area contributed by atoms with Crippen molar-refractivity contribution in [3.63, 3.8) is 0 Å². The summed E-state index contributed by atoms with van der Waals surface area (Å²) in [6, 6.07) is 13.4. The van der Waals surface area contributed by atoms with E-state index in [9.17, 15) is 0 Å². The molecule has 0 amide bonds. The molecule has 0 spiro atoms. The molecule has 4 heteroatoms. The monoisotopic (exact) mass is 258 g/mol. The smallest absolute Gasteiger partial charge is 0.161 e. The molecular weight excluding hydrogens is 240 g/mol. The van der Waals surface area contributed by atoms with E-state index in [0.717, 1.165) is 17.3 Å². The van der Waals surface area contributed by atoms with Crippen LogP contribution in [0.15, 0.2) is 48.7 Å². The summed E-state index contributed by atoms with van der Waals surface area (Å²) in [5.74, 6) is 2.40. The lowest BCUT2D eigenvalue weighted by molar-refractivity contribution is 0.284. The number of para-hydroxylation sites is 2. The SMILES string of the molecule is CCOc1ccccc1OCCNc1ccccn1. The van der Waals surface area contributed by atoms with Gasteiger partial charge in [0.15, 0.2) is 11.5 Å². The summed E-state index contributed by atoms with van der Waals surface area (Å²) in [5, 5.41) is 3.19. The Balaban J connectivity index is 1.79. The highest BCUT2D eigenvalue weighted by Crippen LogP contribution is 2.26. The predicted octanol–water partition coefficient (Wildman–Crippen LogP) is 2.97. The van der Waals surface area contributed by atoms with Gasteiger partial charge in [-0.25, -0.2) is 4.98 Å². The van der Waals surface area contributed by atoms with Gasteiger partial charge in [0.25, 0.3) is 0 Å². The fourth-order valence-corrected chi connectivity index (χ4v) is 1.65. The van der Waals surface area contributed by atoms with Crippen molar-refractivity contribution in [2.75, 3.05) is 25.1 Å². The maximum atomic E-state index is 5.70. The second-order valence-electron chi connectivity index (χ2n) is 3.87. The zero-order chi connectivity index (χ0) is 13.3. The molecule has 4 nitrogen and oxygen atoms in total. The lowest BCUT2D eigenvalue weighted by Gasteiger charge is -2.12. The molecule has 1 heterocycles. The minimum absolute atomic E-state index is 0.556. The van der Waals surface area contributed by atoms with E-state index in [0.29, 0.717) is 19.8 Å². The lowest BCUT2D eigenvalue weighted by atomic mass is 10.3. The van der Waals surface area contributed by atoms with Gasteiger partial charge in [-0.05, 0) is 31.2 Å². The van der Waals surface area contributed by atoms with Crippen molar-refractivity contribution < 1.29 is 9.47 Å². The van der Waals surface area contributed by atoms with Crippen LogP contribution in [-0.2, 0) is 0 Å². The number of pyridine rings is 1. The molecule has 0 saturated carbocycles. The molecule has 0 saturated heterocycles. The van der Waals surface area contributed by atoms with Crippen LogP contribution in [0.3, 0.4) is 0 Å². The van der Waals surface area contributed by atoms with Crippen LogP contribution in [0.1, 0.15) is 6.92 Å². The topological polar surface area (TPSA) is 43.4 Å². The summed E-state index contributed by atoms with van der Waals surface area (Å²) in [7, 11) is 0. The van der Waals surface area contributed by atoms with Gasteiger partial charge >= 0.3 is 0 Å². The van der Waals surface area contributed by atoms with E-state index < -0.39 is 0 Å². The first-order valence-corrected chi connectivity index (χ1v) is 6.39. The molecule has 0 aliphatic carbocycles. The number of nitrogens with one attached hydrogen (secondary N) is 1. The summed E-state index contributed by atoms with van der Waals surface area (Å²) in [6.07, 6.45) is 1.76. The summed E-state index contributed by atoms with van der Waals surface area (Å²) in [4.78, 5) is 4.18. The molecule has 2 aromatic rings. The molecule has 0 aliphatic heterocycles. The first-order valence-electron chi connectivity index (χ1n) is 6.39. The highest BCUT2D eigenvalue weighted by molar-refractivity contribution is 5.39. The Hall–Kier alpha value is -2.23. The van der Waals surface area contributed by atoms with Crippen molar-refractivity contribution in [1.29, 1.82) is 0 Å². The van der Waals surface area contributed by atoms with Crippen LogP contribution < -0.4 is 14.8 Å². The van der Waals surface area contributed by atoms with E-state index in [-0.39, 0.29) is 0 Å². The molecule has 1 aromatic carbocycles. The minimum atomic E-state index is 0.556. The van der Waals surface area contributed by atoms with E-state index in [4.69, 9.17) is 9.47 Å². The first-order chi connectivity index (χ1) is 9.40. The number of aromatic nitrogens is 1. The number of ether oxygens (including phenoxy) is 2. The molecule has 0 radical (unpaired) electrons. The van der Waals surface area contributed by atoms with Crippen LogP contribution in [0.5, 0.6) is 11.5 Å². The van der Waals surface area contributed by atoms with Gasteiger partial charge in [0, 0.05) is 6.20 Å². The van der Waals surface area contributed by atoms with E-state index in [2.05, 4.69) is 10.3 Å². The molecule has 19 heavy (non-hydrogen) atoms. The maximum absolute atomic E-state index is 5.70. The van der Waals surface area contributed by atoms with Crippen molar-refractivity contribution >= 4 is 5.82 Å². The van der Waals surface area contributed by atoms with Gasteiger partial charge in [-0.15, -0.1) is 0 Å². The Morgan fingerprint density at radius 3 is 2.42 bits per heavy atom. The summed E-state index contributed by atoms with van der Waals surface area (Å²) in [5.41, 5.74) is 0. The fraction of sp³-hybridized carbons (Fsp3) is 0.267. The fourth-order valence-electron chi connectivity index (χ4n) is 1.65. The molecule has 1 aromatic heterocycles. The lowest BCUT2D eigenvalue weighted by Crippen LogP contribution is -2.12. The third kappa shape index (κ3) is 4.17. The highest BCUT2D eigenvalue weighted by atomic mass is 16.5. The van der Waals surface area contributed by atoms with E-state index in [1.165, 1.54) is 0 Å². The van der Waals surface area contributed by atoms with Crippen molar-refractivity contribution in [1.82, 2.24) is 4.98 Å². The molecule has 0 aliphatic rings. The molecule has 0 fully saturated rings. The van der Waals surface area contributed by atoms with Crippen LogP contribution >= 0.6 is 0 Å². The zero-order valence-corrected chi connectivity index (χ0v) is 11.0. The predicted molar refractivity (Wildman–Crippen MR) is 75.8 cm³/mol. The van der Waals surface area contributed by atoms with Gasteiger partial charge in [-0.2, -0.15) is 0 Å². The second-order valence-corrected chi connectivity index (χ2v) is 3.87. The number of nitrogens with zero attached hydrogens (tertiary/aromatic N) is 1. The largest absolute Gasteiger partial charge is 0.490 e. The molecular formula is C15H18N2O2. The Bertz CT molecular complexity index is 489. The standard InChI is InChI=1S/C15H18N2O2/c1-2-18-13-7-3-4-8-14(13)19-12-11-17-15-9-5-6-10-16-15/h3-10H,2,11-12H2,1H3,(H,16,17). The van der Waals surface area contributed by atoms with Crippen molar-refractivity contribution in [2.24, 2.45) is 0 Å². The Labute approximate surface area is 113 Å². The number of hydrogen-bond acceptors (Lipinski definition) is 4. The van der Waals surface area contributed by atoms with Crippen LogP contribution in [0.25, 0.3) is 0 Å². The van der Waals surface area contributed by atoms with Gasteiger partial charge in [-0.3, -0.25) is 0 Å². The Kier molecular flexibility index (Phi) is 5.05. The van der Waals surface area contributed by atoms with Gasteiger partial charge in [0.1, 0.15) is 12.4 Å². The molecule has 0 bridgehead atoms. The van der Waals surface area contributed by atoms with Gasteiger partial charge in [0.2, 0.25) is 0 Å². The third-order valence-electron chi connectivity index (χ3n) is 2.48. The van der Waals surface area contributed by atoms with E-state index in [1.54, 1.807) is 6.20 Å². The van der Waals surface area contributed by atoms with Gasteiger partial charge in [0.05, 0.1) is 13.2 Å². The molecule has 0 unspecified atom stereocenters. The quantitative estimate of drug-likeness (QED) is 0.775. The van der Waals surface area contributed by atoms with E-state index in [1.807, 2.05) is 49.4 Å². The van der Waals surface area contributed by atoms with Crippen molar-refractivity contribution in [3.8, 4) is 11.5 Å². The maximum Gasteiger partial charge on any atom is 0.161 e. The number of anilines is 1. The summed E-state index contributed by atoms with van der Waals surface area (Å²) in [6.45, 7) is 3.84. The number of rotatable bonds is 7.